The number of imidazole rings is 1. The third kappa shape index (κ3) is 3.30. The Hall–Kier alpha value is -3.53. The van der Waals surface area contributed by atoms with Crippen LogP contribution in [0.25, 0.3) is 11.4 Å². The summed E-state index contributed by atoms with van der Waals surface area (Å²) in [6.07, 6.45) is 13.3. The average molecular weight is 474 g/mol. The van der Waals surface area contributed by atoms with E-state index in [0.717, 1.165) is 18.5 Å². The molecule has 2 saturated carbocycles. The van der Waals surface area contributed by atoms with Gasteiger partial charge in [0.15, 0.2) is 5.65 Å². The summed E-state index contributed by atoms with van der Waals surface area (Å²) >= 11 is 0. The molecule has 4 aromatic rings. The molecule has 2 aliphatic carbocycles. The van der Waals surface area contributed by atoms with E-state index < -0.39 is 0 Å². The van der Waals surface area contributed by atoms with Gasteiger partial charge in [-0.2, -0.15) is 10.1 Å². The quantitative estimate of drug-likeness (QED) is 0.457. The first-order valence-electron chi connectivity index (χ1n) is 12.2. The molecule has 180 valence electrons. The first kappa shape index (κ1) is 20.8. The summed E-state index contributed by atoms with van der Waals surface area (Å²) in [5.74, 6) is 0.993. The topological polar surface area (TPSA) is 108 Å². The monoisotopic (exact) mass is 473 g/mol. The molecule has 0 radical (unpaired) electrons. The molecule has 0 atom stereocenters. The SMILES string of the molecule is CC(C)Oc1nc2nc(C34COC(C)(C3)C4)cn2cc1C(=O)Nc1cnn2cc(C3CC3)cnc12. The lowest BCUT2D eigenvalue weighted by molar-refractivity contribution is 0.0154. The first-order chi connectivity index (χ1) is 16.8. The molecule has 0 spiro atoms. The van der Waals surface area contributed by atoms with Crippen molar-refractivity contribution < 1.29 is 14.3 Å². The molecule has 1 N–H and O–H groups in total. The zero-order valence-corrected chi connectivity index (χ0v) is 20.0. The minimum atomic E-state index is -0.341. The smallest absolute Gasteiger partial charge is 0.262 e. The number of carbonyl (C=O) groups is 1. The van der Waals surface area contributed by atoms with Crippen molar-refractivity contribution in [2.24, 2.45) is 0 Å². The highest BCUT2D eigenvalue weighted by Gasteiger charge is 2.61. The maximum Gasteiger partial charge on any atom is 0.262 e. The lowest BCUT2D eigenvalue weighted by Crippen LogP contribution is -2.45. The predicted octanol–water partition coefficient (Wildman–Crippen LogP) is 3.51. The molecule has 2 aliphatic heterocycles. The summed E-state index contributed by atoms with van der Waals surface area (Å²) in [6, 6.07) is 0. The number of rotatable bonds is 6. The van der Waals surface area contributed by atoms with Gasteiger partial charge in [-0.3, -0.25) is 9.20 Å². The Morgan fingerprint density at radius 2 is 2.03 bits per heavy atom. The molecular formula is C25H27N7O3. The van der Waals surface area contributed by atoms with Gasteiger partial charge in [0.2, 0.25) is 11.7 Å². The highest BCUT2D eigenvalue weighted by molar-refractivity contribution is 6.07. The molecule has 8 rings (SSSR count). The number of hydrogen-bond acceptors (Lipinski definition) is 7. The molecule has 0 aromatic carbocycles. The van der Waals surface area contributed by atoms with Crippen molar-refractivity contribution in [1.82, 2.24) is 29.0 Å². The molecule has 35 heavy (non-hydrogen) atoms. The van der Waals surface area contributed by atoms with Crippen LogP contribution in [0.4, 0.5) is 5.69 Å². The van der Waals surface area contributed by atoms with Gasteiger partial charge in [0.1, 0.15) is 11.3 Å². The molecule has 1 amide bonds. The number of nitrogens with zero attached hydrogens (tertiary/aromatic N) is 6. The molecule has 4 fully saturated rings. The van der Waals surface area contributed by atoms with E-state index >= 15 is 0 Å². The number of nitrogens with one attached hydrogen (secondary N) is 1. The van der Waals surface area contributed by atoms with Crippen LogP contribution in [-0.2, 0) is 10.2 Å². The van der Waals surface area contributed by atoms with E-state index in [1.165, 1.54) is 18.4 Å². The van der Waals surface area contributed by atoms with Gasteiger partial charge in [0.25, 0.3) is 5.91 Å². The average Bonchev–Trinajstić information content (AvgIpc) is 3.13. The van der Waals surface area contributed by atoms with Gasteiger partial charge in [-0.15, -0.1) is 0 Å². The Labute approximate surface area is 201 Å². The van der Waals surface area contributed by atoms with Crippen molar-refractivity contribution in [3.63, 3.8) is 0 Å². The third-order valence-corrected chi connectivity index (χ3v) is 7.34. The van der Waals surface area contributed by atoms with Gasteiger partial charge in [-0.1, -0.05) is 0 Å². The van der Waals surface area contributed by atoms with Crippen LogP contribution in [0.5, 0.6) is 5.88 Å². The summed E-state index contributed by atoms with van der Waals surface area (Å²) in [5.41, 5.74) is 3.48. The second-order valence-corrected chi connectivity index (χ2v) is 10.8. The molecule has 6 heterocycles. The third-order valence-electron chi connectivity index (χ3n) is 7.34. The van der Waals surface area contributed by atoms with Crippen LogP contribution in [0.1, 0.15) is 74.0 Å². The molecule has 0 unspecified atom stereocenters. The maximum absolute atomic E-state index is 13.4. The van der Waals surface area contributed by atoms with Crippen molar-refractivity contribution in [3.05, 3.63) is 47.8 Å². The fraction of sp³-hybridized carbons (Fsp3) is 0.480. The van der Waals surface area contributed by atoms with Gasteiger partial charge in [-0.25, -0.2) is 14.5 Å². The second-order valence-electron chi connectivity index (χ2n) is 10.8. The van der Waals surface area contributed by atoms with E-state index in [-0.39, 0.29) is 28.9 Å². The second kappa shape index (κ2) is 7.00. The van der Waals surface area contributed by atoms with Crippen molar-refractivity contribution in [1.29, 1.82) is 0 Å². The molecule has 10 nitrogen and oxygen atoms in total. The minimum Gasteiger partial charge on any atom is -0.474 e. The zero-order chi connectivity index (χ0) is 23.9. The molecule has 4 aliphatic rings. The van der Waals surface area contributed by atoms with Gasteiger partial charge in [0.05, 0.1) is 30.2 Å². The van der Waals surface area contributed by atoms with Crippen LogP contribution < -0.4 is 10.1 Å². The summed E-state index contributed by atoms with van der Waals surface area (Å²) in [6.45, 7) is 6.62. The maximum atomic E-state index is 13.4. The van der Waals surface area contributed by atoms with Gasteiger partial charge >= 0.3 is 0 Å². The molecule has 2 bridgehead atoms. The van der Waals surface area contributed by atoms with E-state index in [1.807, 2.05) is 32.4 Å². The number of anilines is 1. The Bertz CT molecular complexity index is 1490. The van der Waals surface area contributed by atoms with E-state index in [1.54, 1.807) is 21.3 Å². The van der Waals surface area contributed by atoms with Crippen LogP contribution in [0, 0.1) is 0 Å². The van der Waals surface area contributed by atoms with Crippen LogP contribution in [-0.4, -0.2) is 53.2 Å². The Balaban J connectivity index is 1.23. The number of amides is 1. The Morgan fingerprint density at radius 1 is 1.20 bits per heavy atom. The standard InChI is InChI=1S/C25H27N7O3/c1-14(2)35-22-17(9-31-10-19(29-23(31)30-22)25-11-24(3,12-25)34-13-25)21(33)28-18-7-27-32-8-16(15-4-5-15)6-26-20(18)32/h6-10,14-15H,4-5,11-13H2,1-3H3,(H,28,33). The molecule has 10 heteroatoms. The molecule has 4 aromatic heterocycles. The van der Waals surface area contributed by atoms with Crippen molar-refractivity contribution in [2.45, 2.75) is 69.5 Å². The number of hydrogen-bond donors (Lipinski definition) is 1. The summed E-state index contributed by atoms with van der Waals surface area (Å²) in [4.78, 5) is 27.4. The van der Waals surface area contributed by atoms with Gasteiger partial charge in [-0.05, 0) is 57.9 Å². The van der Waals surface area contributed by atoms with E-state index in [9.17, 15) is 4.79 Å². The summed E-state index contributed by atoms with van der Waals surface area (Å²) < 4.78 is 15.4. The first-order valence-corrected chi connectivity index (χ1v) is 12.2. The van der Waals surface area contributed by atoms with E-state index in [0.29, 0.717) is 35.2 Å². The highest BCUT2D eigenvalue weighted by Crippen LogP contribution is 2.58. The molecular weight excluding hydrogens is 446 g/mol. The number of aromatic nitrogens is 6. The summed E-state index contributed by atoms with van der Waals surface area (Å²) in [7, 11) is 0. The van der Waals surface area contributed by atoms with Crippen LogP contribution in [0.15, 0.2) is 31.0 Å². The fourth-order valence-electron chi connectivity index (χ4n) is 5.58. The van der Waals surface area contributed by atoms with Crippen molar-refractivity contribution in [2.75, 3.05) is 11.9 Å². The van der Waals surface area contributed by atoms with Crippen LogP contribution in [0.3, 0.4) is 0 Å². The van der Waals surface area contributed by atoms with Crippen molar-refractivity contribution >= 4 is 23.0 Å². The van der Waals surface area contributed by atoms with Gasteiger partial charge < -0.3 is 14.8 Å². The Kier molecular flexibility index (Phi) is 4.16. The lowest BCUT2D eigenvalue weighted by atomic mass is 9.62. The number of ether oxygens (including phenoxy) is 2. The molecule has 2 saturated heterocycles. The van der Waals surface area contributed by atoms with E-state index in [4.69, 9.17) is 14.5 Å². The van der Waals surface area contributed by atoms with Crippen LogP contribution >= 0.6 is 0 Å². The van der Waals surface area contributed by atoms with Crippen LogP contribution in [0.2, 0.25) is 0 Å². The fourth-order valence-corrected chi connectivity index (χ4v) is 5.58. The summed E-state index contributed by atoms with van der Waals surface area (Å²) in [5, 5.41) is 7.34. The van der Waals surface area contributed by atoms with E-state index in [2.05, 4.69) is 27.3 Å². The zero-order valence-electron chi connectivity index (χ0n) is 20.0. The van der Waals surface area contributed by atoms with Crippen molar-refractivity contribution in [3.8, 4) is 5.88 Å². The lowest BCUT2D eigenvalue weighted by Gasteiger charge is -2.41. The highest BCUT2D eigenvalue weighted by atomic mass is 16.5. The largest absolute Gasteiger partial charge is 0.474 e. The number of carbonyl (C=O) groups excluding carboxylic acids is 1. The van der Waals surface area contributed by atoms with Gasteiger partial charge in [0, 0.05) is 30.2 Å². The normalized spacial score (nSPS) is 25.4. The predicted molar refractivity (Wildman–Crippen MR) is 127 cm³/mol. The number of fused-ring (bicyclic) bond motifs is 3. The minimum absolute atomic E-state index is 0.0397. The Morgan fingerprint density at radius 3 is 2.74 bits per heavy atom.